The molecule has 0 spiro atoms. The predicted molar refractivity (Wildman–Crippen MR) is 89.0 cm³/mol. The van der Waals surface area contributed by atoms with E-state index in [9.17, 15) is 5.11 Å². The lowest BCUT2D eigenvalue weighted by molar-refractivity contribution is -0.00837. The van der Waals surface area contributed by atoms with Crippen LogP contribution < -0.4 is 0 Å². The zero-order valence-corrected chi connectivity index (χ0v) is 14.0. The van der Waals surface area contributed by atoms with Gasteiger partial charge in [0.05, 0.1) is 6.10 Å². The molecule has 0 heterocycles. The molecule has 0 radical (unpaired) electrons. The van der Waals surface area contributed by atoms with Crippen LogP contribution in [0.15, 0.2) is 30.3 Å². The fraction of sp³-hybridized carbons (Fsp3) is 0.684. The van der Waals surface area contributed by atoms with Gasteiger partial charge >= 0.3 is 0 Å². The molecule has 118 valence electrons. The lowest BCUT2D eigenvalue weighted by atomic mass is 9.73. The Balaban J connectivity index is 2.02. The third kappa shape index (κ3) is 4.55. The maximum Gasteiger partial charge on any atom is 0.0585 e. The Morgan fingerprint density at radius 3 is 2.38 bits per heavy atom. The van der Waals surface area contributed by atoms with Crippen molar-refractivity contribution in [1.82, 2.24) is 4.90 Å². The van der Waals surface area contributed by atoms with Crippen molar-refractivity contribution in [3.8, 4) is 0 Å². The van der Waals surface area contributed by atoms with Crippen molar-refractivity contribution in [2.24, 2.45) is 17.8 Å². The first kappa shape index (κ1) is 16.5. The summed E-state index contributed by atoms with van der Waals surface area (Å²) in [5, 5.41) is 10.5. The van der Waals surface area contributed by atoms with Gasteiger partial charge in [-0.25, -0.2) is 0 Å². The number of hydrogen-bond donors (Lipinski definition) is 1. The molecule has 4 atom stereocenters. The van der Waals surface area contributed by atoms with Crippen LogP contribution in [0.1, 0.15) is 46.1 Å². The first-order chi connectivity index (χ1) is 9.97. The maximum atomic E-state index is 10.5. The van der Waals surface area contributed by atoms with Crippen LogP contribution in [-0.4, -0.2) is 28.7 Å². The van der Waals surface area contributed by atoms with Gasteiger partial charge in [0, 0.05) is 25.0 Å². The highest BCUT2D eigenvalue weighted by atomic mass is 16.3. The normalized spacial score (nSPS) is 30.0. The number of rotatable bonds is 5. The first-order valence-corrected chi connectivity index (χ1v) is 8.43. The zero-order valence-electron chi connectivity index (χ0n) is 14.0. The number of hydrogen-bond acceptors (Lipinski definition) is 2. The van der Waals surface area contributed by atoms with Gasteiger partial charge in [0.25, 0.3) is 0 Å². The fourth-order valence-electron chi connectivity index (χ4n) is 3.72. The number of aliphatic hydroxyl groups excluding tert-OH is 1. The molecule has 0 amide bonds. The number of nitrogens with zero attached hydrogens (tertiary/aromatic N) is 1. The largest absolute Gasteiger partial charge is 0.393 e. The van der Waals surface area contributed by atoms with Gasteiger partial charge in [0.2, 0.25) is 0 Å². The Hall–Kier alpha value is -0.860. The molecule has 1 saturated carbocycles. The van der Waals surface area contributed by atoms with Gasteiger partial charge in [-0.1, -0.05) is 44.2 Å². The van der Waals surface area contributed by atoms with Crippen LogP contribution in [-0.2, 0) is 6.54 Å². The molecule has 1 fully saturated rings. The molecule has 1 aliphatic carbocycles. The minimum Gasteiger partial charge on any atom is -0.393 e. The van der Waals surface area contributed by atoms with Crippen LogP contribution in [0, 0.1) is 17.8 Å². The Morgan fingerprint density at radius 2 is 1.81 bits per heavy atom. The second-order valence-corrected chi connectivity index (χ2v) is 7.29. The molecule has 1 N–H and O–H groups in total. The average Bonchev–Trinajstić information content (AvgIpc) is 2.42. The number of aliphatic hydroxyl groups is 1. The van der Waals surface area contributed by atoms with Gasteiger partial charge in [0.15, 0.2) is 0 Å². The van der Waals surface area contributed by atoms with Gasteiger partial charge in [-0.15, -0.1) is 0 Å². The summed E-state index contributed by atoms with van der Waals surface area (Å²) in [5.41, 5.74) is 1.36. The minimum absolute atomic E-state index is 0.138. The van der Waals surface area contributed by atoms with Crippen molar-refractivity contribution < 1.29 is 5.11 Å². The zero-order chi connectivity index (χ0) is 15.4. The van der Waals surface area contributed by atoms with Crippen molar-refractivity contribution in [3.05, 3.63) is 35.9 Å². The van der Waals surface area contributed by atoms with Crippen LogP contribution >= 0.6 is 0 Å². The molecular weight excluding hydrogens is 258 g/mol. The molecule has 21 heavy (non-hydrogen) atoms. The van der Waals surface area contributed by atoms with E-state index in [4.69, 9.17) is 0 Å². The van der Waals surface area contributed by atoms with Gasteiger partial charge in [-0.05, 0) is 44.1 Å². The van der Waals surface area contributed by atoms with Crippen LogP contribution in [0.2, 0.25) is 0 Å². The van der Waals surface area contributed by atoms with Gasteiger partial charge in [0.1, 0.15) is 0 Å². The maximum absolute atomic E-state index is 10.5. The molecular formula is C19H31NO. The molecule has 2 heteroatoms. The highest BCUT2D eigenvalue weighted by Gasteiger charge is 2.34. The Labute approximate surface area is 130 Å². The SMILES string of the molecule is CC1CC(C)C(CN(Cc2ccccc2)C(C)C)C(O)C1. The van der Waals surface area contributed by atoms with Gasteiger partial charge < -0.3 is 5.11 Å². The fourth-order valence-corrected chi connectivity index (χ4v) is 3.72. The van der Waals surface area contributed by atoms with Crippen LogP contribution in [0.3, 0.4) is 0 Å². The van der Waals surface area contributed by atoms with Crippen molar-refractivity contribution in [1.29, 1.82) is 0 Å². The Bertz CT molecular complexity index is 405. The highest BCUT2D eigenvalue weighted by molar-refractivity contribution is 5.14. The van der Waals surface area contributed by atoms with E-state index in [1.54, 1.807) is 0 Å². The average molecular weight is 289 g/mol. The number of benzene rings is 1. The quantitative estimate of drug-likeness (QED) is 0.887. The molecule has 1 aromatic carbocycles. The summed E-state index contributed by atoms with van der Waals surface area (Å²) < 4.78 is 0. The third-order valence-electron chi connectivity index (χ3n) is 5.05. The van der Waals surface area contributed by atoms with E-state index in [0.717, 1.165) is 19.5 Å². The Morgan fingerprint density at radius 1 is 1.14 bits per heavy atom. The summed E-state index contributed by atoms with van der Waals surface area (Å²) in [4.78, 5) is 2.51. The second kappa shape index (κ2) is 7.42. The van der Waals surface area contributed by atoms with E-state index >= 15 is 0 Å². The van der Waals surface area contributed by atoms with E-state index in [2.05, 4.69) is 62.9 Å². The topological polar surface area (TPSA) is 23.5 Å². The molecule has 2 nitrogen and oxygen atoms in total. The summed E-state index contributed by atoms with van der Waals surface area (Å²) in [5.74, 6) is 1.68. The lowest BCUT2D eigenvalue weighted by Crippen LogP contribution is -2.44. The molecule has 0 aromatic heterocycles. The standard InChI is InChI=1S/C19H31NO/c1-14(2)20(12-17-8-6-5-7-9-17)13-18-16(4)10-15(3)11-19(18)21/h5-9,14-16,18-19,21H,10-13H2,1-4H3. The third-order valence-corrected chi connectivity index (χ3v) is 5.05. The summed E-state index contributed by atoms with van der Waals surface area (Å²) in [6.07, 6.45) is 2.08. The van der Waals surface area contributed by atoms with Crippen molar-refractivity contribution in [2.45, 2.75) is 59.2 Å². The molecule has 1 aliphatic rings. The van der Waals surface area contributed by atoms with Crippen LogP contribution in [0.25, 0.3) is 0 Å². The highest BCUT2D eigenvalue weighted by Crippen LogP contribution is 2.34. The van der Waals surface area contributed by atoms with Crippen LogP contribution in [0.5, 0.6) is 0 Å². The van der Waals surface area contributed by atoms with E-state index < -0.39 is 0 Å². The molecule has 4 unspecified atom stereocenters. The minimum atomic E-state index is -0.138. The Kier molecular flexibility index (Phi) is 5.83. The van der Waals surface area contributed by atoms with E-state index in [-0.39, 0.29) is 6.10 Å². The molecule has 2 rings (SSSR count). The summed E-state index contributed by atoms with van der Waals surface area (Å²) in [6, 6.07) is 11.2. The van der Waals surface area contributed by atoms with E-state index in [1.807, 2.05) is 0 Å². The lowest BCUT2D eigenvalue weighted by Gasteiger charge is -2.40. The summed E-state index contributed by atoms with van der Waals surface area (Å²) in [7, 11) is 0. The van der Waals surface area contributed by atoms with Gasteiger partial charge in [-0.3, -0.25) is 4.90 Å². The van der Waals surface area contributed by atoms with Crippen molar-refractivity contribution >= 4 is 0 Å². The smallest absolute Gasteiger partial charge is 0.0585 e. The van der Waals surface area contributed by atoms with E-state index in [1.165, 1.54) is 12.0 Å². The first-order valence-electron chi connectivity index (χ1n) is 8.43. The second-order valence-electron chi connectivity index (χ2n) is 7.29. The molecule has 0 saturated heterocycles. The summed E-state index contributed by atoms with van der Waals surface area (Å²) >= 11 is 0. The van der Waals surface area contributed by atoms with E-state index in [0.29, 0.717) is 23.8 Å². The van der Waals surface area contributed by atoms with Crippen LogP contribution in [0.4, 0.5) is 0 Å². The van der Waals surface area contributed by atoms with Crippen molar-refractivity contribution in [2.75, 3.05) is 6.54 Å². The van der Waals surface area contributed by atoms with Crippen molar-refractivity contribution in [3.63, 3.8) is 0 Å². The summed E-state index contributed by atoms with van der Waals surface area (Å²) in [6.45, 7) is 11.1. The molecule has 1 aromatic rings. The molecule has 0 bridgehead atoms. The monoisotopic (exact) mass is 289 g/mol. The van der Waals surface area contributed by atoms with Gasteiger partial charge in [-0.2, -0.15) is 0 Å². The predicted octanol–water partition coefficient (Wildman–Crippen LogP) is 3.94. The molecule has 0 aliphatic heterocycles.